The van der Waals surface area contributed by atoms with Gasteiger partial charge in [0, 0.05) is 39.8 Å². The van der Waals surface area contributed by atoms with Crippen LogP contribution in [0.1, 0.15) is 16.7 Å². The van der Waals surface area contributed by atoms with Crippen LogP contribution in [0.2, 0.25) is 0 Å². The van der Waals surface area contributed by atoms with E-state index in [9.17, 15) is 0 Å². The molecule has 30 heavy (non-hydrogen) atoms. The number of aliphatic imine (C=N–C) groups is 1. The average Bonchev–Trinajstić information content (AvgIpc) is 2.80. The van der Waals surface area contributed by atoms with Gasteiger partial charge < -0.3 is 24.8 Å². The first-order valence-electron chi connectivity index (χ1n) is 10.3. The third kappa shape index (κ3) is 6.11. The van der Waals surface area contributed by atoms with Gasteiger partial charge >= 0.3 is 0 Å². The summed E-state index contributed by atoms with van der Waals surface area (Å²) in [5.74, 6) is 2.20. The second-order valence-corrected chi connectivity index (χ2v) is 7.13. The second-order valence-electron chi connectivity index (χ2n) is 7.13. The average molecular weight is 413 g/mol. The van der Waals surface area contributed by atoms with E-state index in [1.54, 1.807) is 21.3 Å². The molecule has 0 radical (unpaired) electrons. The molecule has 0 saturated carbocycles. The fourth-order valence-corrected chi connectivity index (χ4v) is 3.46. The van der Waals surface area contributed by atoms with Crippen LogP contribution >= 0.6 is 0 Å². The maximum absolute atomic E-state index is 5.46. The van der Waals surface area contributed by atoms with Gasteiger partial charge in [-0.15, -0.1) is 0 Å². The molecule has 0 bridgehead atoms. The molecule has 3 rings (SSSR count). The van der Waals surface area contributed by atoms with Crippen LogP contribution in [-0.2, 0) is 24.4 Å². The molecule has 1 heterocycles. The van der Waals surface area contributed by atoms with Crippen LogP contribution in [0, 0.1) is 0 Å². The van der Waals surface area contributed by atoms with Crippen molar-refractivity contribution < 1.29 is 14.2 Å². The first kappa shape index (κ1) is 21.9. The summed E-state index contributed by atoms with van der Waals surface area (Å²) in [5, 5.41) is 6.79. The van der Waals surface area contributed by atoms with Crippen molar-refractivity contribution >= 4 is 5.96 Å². The Morgan fingerprint density at radius 3 is 2.37 bits per heavy atom. The number of hydrogen-bond donors (Lipinski definition) is 2. The quantitative estimate of drug-likeness (QED) is 0.513. The van der Waals surface area contributed by atoms with Crippen molar-refractivity contribution in [3.05, 3.63) is 59.2 Å². The standard InChI is InChI=1S/C23H32N4O3/c1-24-23(25-15-18-8-9-21(28-2)22(14-18)29-3)26-16-19-6-4-5-7-20(19)17-27-10-12-30-13-11-27/h4-9,14H,10-13,15-17H2,1-3H3,(H2,24,25,26). The molecule has 162 valence electrons. The fraction of sp³-hybridized carbons (Fsp3) is 0.435. The minimum absolute atomic E-state index is 0.634. The molecule has 1 saturated heterocycles. The van der Waals surface area contributed by atoms with Crippen molar-refractivity contribution in [3.8, 4) is 11.5 Å². The SMILES string of the molecule is CN=C(NCc1ccc(OC)c(OC)c1)NCc1ccccc1CN1CCOCC1. The van der Waals surface area contributed by atoms with Crippen LogP contribution in [0.15, 0.2) is 47.5 Å². The third-order valence-electron chi connectivity index (χ3n) is 5.19. The number of hydrogen-bond acceptors (Lipinski definition) is 5. The molecule has 1 fully saturated rings. The number of nitrogens with zero attached hydrogens (tertiary/aromatic N) is 2. The van der Waals surface area contributed by atoms with Crippen molar-refractivity contribution in [2.75, 3.05) is 47.6 Å². The van der Waals surface area contributed by atoms with E-state index < -0.39 is 0 Å². The number of ether oxygens (including phenoxy) is 3. The van der Waals surface area contributed by atoms with Crippen molar-refractivity contribution in [1.82, 2.24) is 15.5 Å². The number of guanidine groups is 1. The van der Waals surface area contributed by atoms with Gasteiger partial charge in [0.05, 0.1) is 27.4 Å². The van der Waals surface area contributed by atoms with Crippen molar-refractivity contribution in [2.24, 2.45) is 4.99 Å². The molecule has 0 aliphatic carbocycles. The summed E-state index contributed by atoms with van der Waals surface area (Å²) in [6.07, 6.45) is 0. The normalized spacial score (nSPS) is 15.0. The minimum Gasteiger partial charge on any atom is -0.493 e. The second kappa shape index (κ2) is 11.4. The molecule has 0 spiro atoms. The first-order valence-corrected chi connectivity index (χ1v) is 10.3. The van der Waals surface area contributed by atoms with Crippen LogP contribution < -0.4 is 20.1 Å². The van der Waals surface area contributed by atoms with Gasteiger partial charge in [-0.25, -0.2) is 0 Å². The Balaban J connectivity index is 1.56. The van der Waals surface area contributed by atoms with Gasteiger partial charge in [0.15, 0.2) is 17.5 Å². The van der Waals surface area contributed by atoms with Crippen molar-refractivity contribution in [3.63, 3.8) is 0 Å². The molecule has 2 N–H and O–H groups in total. The Bertz CT molecular complexity index is 835. The molecule has 0 aromatic heterocycles. The lowest BCUT2D eigenvalue weighted by molar-refractivity contribution is 0.0341. The highest BCUT2D eigenvalue weighted by molar-refractivity contribution is 5.79. The molecular formula is C23H32N4O3. The predicted molar refractivity (Wildman–Crippen MR) is 119 cm³/mol. The molecular weight excluding hydrogens is 380 g/mol. The number of methoxy groups -OCH3 is 2. The van der Waals surface area contributed by atoms with E-state index in [1.807, 2.05) is 18.2 Å². The van der Waals surface area contributed by atoms with Crippen LogP contribution in [0.3, 0.4) is 0 Å². The monoisotopic (exact) mass is 412 g/mol. The van der Waals surface area contributed by atoms with Crippen LogP contribution in [0.5, 0.6) is 11.5 Å². The van der Waals surface area contributed by atoms with E-state index in [1.165, 1.54) is 11.1 Å². The molecule has 7 heteroatoms. The van der Waals surface area contributed by atoms with E-state index >= 15 is 0 Å². The third-order valence-corrected chi connectivity index (χ3v) is 5.19. The van der Waals surface area contributed by atoms with Gasteiger partial charge in [-0.3, -0.25) is 9.89 Å². The maximum atomic E-state index is 5.46. The highest BCUT2D eigenvalue weighted by Gasteiger charge is 2.13. The lowest BCUT2D eigenvalue weighted by atomic mass is 10.1. The molecule has 2 aromatic rings. The summed E-state index contributed by atoms with van der Waals surface area (Å²) in [6.45, 7) is 5.88. The lowest BCUT2D eigenvalue weighted by Gasteiger charge is -2.27. The number of benzene rings is 2. The summed E-state index contributed by atoms with van der Waals surface area (Å²) >= 11 is 0. The van der Waals surface area contributed by atoms with Gasteiger partial charge in [-0.1, -0.05) is 30.3 Å². The van der Waals surface area contributed by atoms with E-state index in [0.29, 0.717) is 13.1 Å². The molecule has 7 nitrogen and oxygen atoms in total. The van der Waals surface area contributed by atoms with Gasteiger partial charge in [0.2, 0.25) is 0 Å². The van der Waals surface area contributed by atoms with Gasteiger partial charge in [0.1, 0.15) is 0 Å². The molecule has 1 aliphatic rings. The molecule has 0 amide bonds. The predicted octanol–water partition coefficient (Wildman–Crippen LogP) is 2.40. The lowest BCUT2D eigenvalue weighted by Crippen LogP contribution is -2.37. The summed E-state index contributed by atoms with van der Waals surface area (Å²) in [6, 6.07) is 14.4. The molecule has 0 atom stereocenters. The zero-order valence-electron chi connectivity index (χ0n) is 18.1. The Morgan fingerprint density at radius 1 is 0.967 bits per heavy atom. The first-order chi connectivity index (χ1) is 14.7. The highest BCUT2D eigenvalue weighted by Crippen LogP contribution is 2.27. The molecule has 0 unspecified atom stereocenters. The summed E-state index contributed by atoms with van der Waals surface area (Å²) in [5.41, 5.74) is 3.70. The summed E-state index contributed by atoms with van der Waals surface area (Å²) in [7, 11) is 5.06. The van der Waals surface area contributed by atoms with Crippen LogP contribution in [0.25, 0.3) is 0 Å². The highest BCUT2D eigenvalue weighted by atomic mass is 16.5. The minimum atomic E-state index is 0.634. The zero-order chi connectivity index (χ0) is 21.2. The Morgan fingerprint density at radius 2 is 1.67 bits per heavy atom. The van der Waals surface area contributed by atoms with E-state index in [4.69, 9.17) is 14.2 Å². The Labute approximate surface area is 179 Å². The number of rotatable bonds is 8. The van der Waals surface area contributed by atoms with E-state index in [0.717, 1.165) is 55.9 Å². The van der Waals surface area contributed by atoms with E-state index in [-0.39, 0.29) is 0 Å². The van der Waals surface area contributed by atoms with Crippen molar-refractivity contribution in [1.29, 1.82) is 0 Å². The summed E-state index contributed by atoms with van der Waals surface area (Å²) in [4.78, 5) is 6.79. The van der Waals surface area contributed by atoms with Gasteiger partial charge in [-0.05, 0) is 28.8 Å². The van der Waals surface area contributed by atoms with Gasteiger partial charge in [-0.2, -0.15) is 0 Å². The van der Waals surface area contributed by atoms with E-state index in [2.05, 4.69) is 44.8 Å². The maximum Gasteiger partial charge on any atom is 0.191 e. The fourth-order valence-electron chi connectivity index (χ4n) is 3.46. The Hall–Kier alpha value is -2.77. The Kier molecular flexibility index (Phi) is 8.35. The van der Waals surface area contributed by atoms with Gasteiger partial charge in [0.25, 0.3) is 0 Å². The van der Waals surface area contributed by atoms with Crippen LogP contribution in [-0.4, -0.2) is 58.4 Å². The molecule has 1 aliphatic heterocycles. The largest absolute Gasteiger partial charge is 0.493 e. The topological polar surface area (TPSA) is 67.4 Å². The zero-order valence-corrected chi connectivity index (χ0v) is 18.1. The summed E-state index contributed by atoms with van der Waals surface area (Å²) < 4.78 is 16.1. The van der Waals surface area contributed by atoms with Crippen LogP contribution in [0.4, 0.5) is 0 Å². The van der Waals surface area contributed by atoms with Crippen molar-refractivity contribution in [2.45, 2.75) is 19.6 Å². The smallest absolute Gasteiger partial charge is 0.191 e. The molecule has 2 aromatic carbocycles. The number of morpholine rings is 1. The number of nitrogens with one attached hydrogen (secondary N) is 2.